The molecule has 15 heavy (non-hydrogen) atoms. The summed E-state index contributed by atoms with van der Waals surface area (Å²) in [7, 11) is -3.28. The molecule has 1 aromatic rings. The highest BCUT2D eigenvalue weighted by atomic mass is 79.9. The van der Waals surface area contributed by atoms with Gasteiger partial charge in [-0.2, -0.15) is 0 Å². The minimum atomic E-state index is -3.28. The quantitative estimate of drug-likeness (QED) is 0.928. The molecule has 0 saturated heterocycles. The van der Waals surface area contributed by atoms with Gasteiger partial charge in [0.15, 0.2) is 9.84 Å². The van der Waals surface area contributed by atoms with Crippen LogP contribution in [0.15, 0.2) is 20.1 Å². The Morgan fingerprint density at radius 1 is 1.47 bits per heavy atom. The fourth-order valence-electron chi connectivity index (χ4n) is 1.10. The lowest BCUT2D eigenvalue weighted by Gasteiger charge is -2.20. The molecule has 0 aromatic carbocycles. The molecule has 1 heterocycles. The largest absolute Gasteiger partial charge is 0.396 e. The Labute approximate surface area is 102 Å². The van der Waals surface area contributed by atoms with E-state index in [0.717, 1.165) is 3.79 Å². The van der Waals surface area contributed by atoms with Crippen LogP contribution >= 0.6 is 27.3 Å². The molecule has 0 amide bonds. The van der Waals surface area contributed by atoms with Crippen molar-refractivity contribution < 1.29 is 13.5 Å². The van der Waals surface area contributed by atoms with E-state index in [1.54, 1.807) is 26.0 Å². The maximum Gasteiger partial charge on any atom is 0.188 e. The highest BCUT2D eigenvalue weighted by Crippen LogP contribution is 2.29. The zero-order chi connectivity index (χ0) is 11.7. The first kappa shape index (κ1) is 13.2. The lowest BCUT2D eigenvalue weighted by molar-refractivity contribution is 0.179. The average Bonchev–Trinajstić information content (AvgIpc) is 2.51. The van der Waals surface area contributed by atoms with Crippen molar-refractivity contribution in [3.63, 3.8) is 0 Å². The summed E-state index contributed by atoms with van der Waals surface area (Å²) >= 11 is 4.42. The van der Waals surface area contributed by atoms with E-state index in [4.69, 9.17) is 5.11 Å². The summed E-state index contributed by atoms with van der Waals surface area (Å²) in [4.78, 5) is 0. The van der Waals surface area contributed by atoms with Crippen LogP contribution in [0.5, 0.6) is 0 Å². The van der Waals surface area contributed by atoms with Gasteiger partial charge >= 0.3 is 0 Å². The van der Waals surface area contributed by atoms with E-state index in [2.05, 4.69) is 15.9 Å². The average molecular weight is 313 g/mol. The summed E-state index contributed by atoms with van der Waals surface area (Å²) in [6, 6.07) is 3.29. The number of aliphatic hydroxyl groups excluding tert-OH is 1. The van der Waals surface area contributed by atoms with E-state index in [0.29, 0.717) is 4.21 Å². The maximum absolute atomic E-state index is 11.9. The summed E-state index contributed by atoms with van der Waals surface area (Å²) in [6.07, 6.45) is 0. The van der Waals surface area contributed by atoms with Crippen molar-refractivity contribution in [2.24, 2.45) is 5.41 Å². The lowest BCUT2D eigenvalue weighted by Crippen LogP contribution is -2.27. The van der Waals surface area contributed by atoms with Gasteiger partial charge in [0.1, 0.15) is 4.21 Å². The first-order valence-electron chi connectivity index (χ1n) is 4.36. The van der Waals surface area contributed by atoms with Crippen LogP contribution in [0.25, 0.3) is 0 Å². The minimum Gasteiger partial charge on any atom is -0.396 e. The predicted octanol–water partition coefficient (Wildman–Crippen LogP) is 2.30. The number of rotatable bonds is 4. The summed E-state index contributed by atoms with van der Waals surface area (Å²) in [6.45, 7) is 3.32. The van der Waals surface area contributed by atoms with Crippen molar-refractivity contribution in [2.75, 3.05) is 12.4 Å². The van der Waals surface area contributed by atoms with Crippen LogP contribution in [-0.4, -0.2) is 25.9 Å². The first-order valence-corrected chi connectivity index (χ1v) is 7.62. The van der Waals surface area contributed by atoms with Gasteiger partial charge in [-0.1, -0.05) is 13.8 Å². The van der Waals surface area contributed by atoms with Gasteiger partial charge in [-0.15, -0.1) is 11.3 Å². The fraction of sp³-hybridized carbons (Fsp3) is 0.556. The van der Waals surface area contributed by atoms with Gasteiger partial charge < -0.3 is 5.11 Å². The van der Waals surface area contributed by atoms with Gasteiger partial charge in [0.2, 0.25) is 0 Å². The van der Waals surface area contributed by atoms with Gasteiger partial charge in [0, 0.05) is 12.0 Å². The van der Waals surface area contributed by atoms with Crippen molar-refractivity contribution in [2.45, 2.75) is 18.1 Å². The highest BCUT2D eigenvalue weighted by Gasteiger charge is 2.27. The van der Waals surface area contributed by atoms with Crippen molar-refractivity contribution in [1.82, 2.24) is 0 Å². The fourth-order valence-corrected chi connectivity index (χ4v) is 5.03. The van der Waals surface area contributed by atoms with Crippen molar-refractivity contribution in [3.8, 4) is 0 Å². The summed E-state index contributed by atoms with van der Waals surface area (Å²) in [5.41, 5.74) is -0.602. The Kier molecular flexibility index (Phi) is 3.97. The SMILES string of the molecule is CC(C)(CO)CS(=O)(=O)c1ccc(Br)s1. The third kappa shape index (κ3) is 3.55. The minimum absolute atomic E-state index is 0.0382. The summed E-state index contributed by atoms with van der Waals surface area (Å²) in [5.74, 6) is -0.0382. The molecular formula is C9H13BrO3S2. The number of hydrogen-bond acceptors (Lipinski definition) is 4. The third-order valence-electron chi connectivity index (χ3n) is 1.86. The molecule has 1 N–H and O–H groups in total. The maximum atomic E-state index is 11.9. The van der Waals surface area contributed by atoms with Gasteiger partial charge in [-0.25, -0.2) is 8.42 Å². The van der Waals surface area contributed by atoms with Crippen LogP contribution in [0.3, 0.4) is 0 Å². The molecule has 3 nitrogen and oxygen atoms in total. The smallest absolute Gasteiger partial charge is 0.188 e. The molecule has 0 aliphatic carbocycles. The van der Waals surface area contributed by atoms with E-state index in [1.807, 2.05) is 0 Å². The third-order valence-corrected chi connectivity index (χ3v) is 6.20. The van der Waals surface area contributed by atoms with Crippen LogP contribution in [0, 0.1) is 5.41 Å². The standard InChI is InChI=1S/C9H13BrO3S2/c1-9(2,5-11)6-15(12,13)8-4-3-7(10)14-8/h3-4,11H,5-6H2,1-2H3. The Hall–Kier alpha value is 0.0900. The number of aliphatic hydroxyl groups is 1. The molecule has 0 fully saturated rings. The number of halogens is 1. The Morgan fingerprint density at radius 2 is 2.07 bits per heavy atom. The highest BCUT2D eigenvalue weighted by molar-refractivity contribution is 9.11. The van der Waals surface area contributed by atoms with Gasteiger partial charge in [-0.05, 0) is 28.1 Å². The zero-order valence-corrected chi connectivity index (χ0v) is 11.7. The van der Waals surface area contributed by atoms with E-state index in [1.165, 1.54) is 11.3 Å². The van der Waals surface area contributed by atoms with E-state index < -0.39 is 15.3 Å². The molecule has 0 aliphatic rings. The second-order valence-electron chi connectivity index (χ2n) is 4.14. The number of sulfone groups is 1. The van der Waals surface area contributed by atoms with Crippen molar-refractivity contribution in [3.05, 3.63) is 15.9 Å². The van der Waals surface area contributed by atoms with Crippen LogP contribution in [0.2, 0.25) is 0 Å². The molecule has 86 valence electrons. The van der Waals surface area contributed by atoms with Crippen molar-refractivity contribution >= 4 is 37.1 Å². The summed E-state index contributed by atoms with van der Waals surface area (Å²) < 4.78 is 24.9. The molecule has 1 rings (SSSR count). The first-order chi connectivity index (χ1) is 6.77. The molecule has 0 bridgehead atoms. The summed E-state index contributed by atoms with van der Waals surface area (Å²) in [5, 5.41) is 9.04. The molecule has 0 spiro atoms. The zero-order valence-electron chi connectivity index (χ0n) is 8.53. The molecule has 0 unspecified atom stereocenters. The topological polar surface area (TPSA) is 54.4 Å². The molecule has 1 aromatic heterocycles. The molecule has 0 saturated carbocycles. The van der Waals surface area contributed by atoms with E-state index >= 15 is 0 Å². The Morgan fingerprint density at radius 3 is 2.47 bits per heavy atom. The van der Waals surface area contributed by atoms with Crippen LogP contribution in [-0.2, 0) is 9.84 Å². The van der Waals surface area contributed by atoms with Crippen LogP contribution in [0.1, 0.15) is 13.8 Å². The predicted molar refractivity (Wildman–Crippen MR) is 64.9 cm³/mol. The van der Waals surface area contributed by atoms with Gasteiger partial charge in [-0.3, -0.25) is 0 Å². The molecule has 0 radical (unpaired) electrons. The Balaban J connectivity index is 2.95. The van der Waals surface area contributed by atoms with Crippen molar-refractivity contribution in [1.29, 1.82) is 0 Å². The van der Waals surface area contributed by atoms with E-state index in [-0.39, 0.29) is 12.4 Å². The number of thiophene rings is 1. The van der Waals surface area contributed by atoms with E-state index in [9.17, 15) is 8.42 Å². The lowest BCUT2D eigenvalue weighted by atomic mass is 9.98. The molecule has 6 heteroatoms. The second-order valence-corrected chi connectivity index (χ2v) is 8.82. The molecule has 0 aliphatic heterocycles. The van der Waals surface area contributed by atoms with Crippen LogP contribution in [0.4, 0.5) is 0 Å². The number of hydrogen-bond donors (Lipinski definition) is 1. The monoisotopic (exact) mass is 312 g/mol. The second kappa shape index (κ2) is 4.53. The normalized spacial score (nSPS) is 13.1. The van der Waals surface area contributed by atoms with Gasteiger partial charge in [0.25, 0.3) is 0 Å². The molecular weight excluding hydrogens is 300 g/mol. The van der Waals surface area contributed by atoms with Crippen LogP contribution < -0.4 is 0 Å². The van der Waals surface area contributed by atoms with Gasteiger partial charge in [0.05, 0.1) is 9.54 Å². The Bertz CT molecular complexity index is 434. The molecule has 0 atom stereocenters.